The average molecular weight is 433 g/mol. The van der Waals surface area contributed by atoms with Crippen LogP contribution in [0, 0.1) is 0 Å². The van der Waals surface area contributed by atoms with E-state index < -0.39 is 66.9 Å². The van der Waals surface area contributed by atoms with Crippen LogP contribution in [0.1, 0.15) is 39.0 Å². The molecule has 13 nitrogen and oxygen atoms in total. The molecule has 0 bridgehead atoms. The van der Waals surface area contributed by atoms with Crippen molar-refractivity contribution in [1.82, 2.24) is 16.0 Å². The van der Waals surface area contributed by atoms with E-state index in [1.807, 2.05) is 0 Å². The van der Waals surface area contributed by atoms with Gasteiger partial charge in [-0.1, -0.05) is 0 Å². The second kappa shape index (κ2) is 14.3. The van der Waals surface area contributed by atoms with Crippen molar-refractivity contribution < 1.29 is 39.3 Å². The lowest BCUT2D eigenvalue weighted by Crippen LogP contribution is -2.57. The van der Waals surface area contributed by atoms with E-state index in [0.717, 1.165) is 0 Å². The molecule has 4 unspecified atom stereocenters. The van der Waals surface area contributed by atoms with Crippen LogP contribution in [0.25, 0.3) is 0 Å². The van der Waals surface area contributed by atoms with E-state index in [1.54, 1.807) is 0 Å². The molecule has 0 aliphatic rings. The summed E-state index contributed by atoms with van der Waals surface area (Å²) in [5.41, 5.74) is 10.9. The molecule has 30 heavy (non-hydrogen) atoms. The monoisotopic (exact) mass is 433 g/mol. The number of carbonyl (C=O) groups excluding carboxylic acids is 3. The van der Waals surface area contributed by atoms with Gasteiger partial charge in [-0.2, -0.15) is 0 Å². The van der Waals surface area contributed by atoms with Crippen LogP contribution in [0.15, 0.2) is 0 Å². The normalized spacial score (nSPS) is 14.7. The molecule has 0 saturated heterocycles. The number of aliphatic carboxylic acids is 2. The second-order valence-corrected chi connectivity index (χ2v) is 6.71. The Balaban J connectivity index is 5.12. The van der Waals surface area contributed by atoms with Crippen LogP contribution in [0.4, 0.5) is 0 Å². The average Bonchev–Trinajstić information content (AvgIpc) is 2.67. The molecule has 0 saturated carbocycles. The third-order valence-electron chi connectivity index (χ3n) is 4.07. The Bertz CT molecular complexity index is 613. The highest BCUT2D eigenvalue weighted by Gasteiger charge is 2.29. The molecule has 0 rings (SSSR count). The number of nitrogens with one attached hydrogen (secondary N) is 3. The van der Waals surface area contributed by atoms with Gasteiger partial charge < -0.3 is 42.7 Å². The van der Waals surface area contributed by atoms with Crippen LogP contribution in [-0.4, -0.2) is 82.3 Å². The Morgan fingerprint density at radius 2 is 1.37 bits per heavy atom. The first-order valence-electron chi connectivity index (χ1n) is 9.45. The minimum atomic E-state index is -1.52. The lowest BCUT2D eigenvalue weighted by atomic mass is 10.1. The van der Waals surface area contributed by atoms with Crippen LogP contribution >= 0.6 is 0 Å². The Kier molecular flexibility index (Phi) is 12.9. The Labute approximate surface area is 173 Å². The van der Waals surface area contributed by atoms with Crippen molar-refractivity contribution in [3.05, 3.63) is 0 Å². The van der Waals surface area contributed by atoms with Crippen LogP contribution in [0.2, 0.25) is 0 Å². The molecular formula is C17H31N5O8. The fraction of sp³-hybridized carbons (Fsp3) is 0.706. The van der Waals surface area contributed by atoms with Crippen LogP contribution in [0.3, 0.4) is 0 Å². The molecule has 10 N–H and O–H groups in total. The summed E-state index contributed by atoms with van der Waals surface area (Å²) in [7, 11) is 0. The van der Waals surface area contributed by atoms with E-state index in [2.05, 4.69) is 16.0 Å². The van der Waals surface area contributed by atoms with Gasteiger partial charge in [0, 0.05) is 6.42 Å². The summed E-state index contributed by atoms with van der Waals surface area (Å²) in [6.07, 6.45) is 0.415. The summed E-state index contributed by atoms with van der Waals surface area (Å²) in [6.45, 7) is 0.959. The largest absolute Gasteiger partial charge is 0.481 e. The fourth-order valence-corrected chi connectivity index (χ4v) is 2.33. The van der Waals surface area contributed by atoms with E-state index in [9.17, 15) is 29.1 Å². The topological polar surface area (TPSA) is 234 Å². The highest BCUT2D eigenvalue weighted by molar-refractivity contribution is 5.94. The molecule has 172 valence electrons. The third-order valence-corrected chi connectivity index (χ3v) is 4.07. The molecule has 0 radical (unpaired) electrons. The number of carboxylic acid groups (broad SMARTS) is 2. The highest BCUT2D eigenvalue weighted by atomic mass is 16.4. The van der Waals surface area contributed by atoms with E-state index in [4.69, 9.17) is 21.7 Å². The lowest BCUT2D eigenvalue weighted by Gasteiger charge is -2.24. The molecule has 0 aliphatic carbocycles. The lowest BCUT2D eigenvalue weighted by molar-refractivity contribution is -0.143. The van der Waals surface area contributed by atoms with Crippen LogP contribution in [-0.2, 0) is 24.0 Å². The predicted molar refractivity (Wildman–Crippen MR) is 104 cm³/mol. The van der Waals surface area contributed by atoms with Gasteiger partial charge in [-0.25, -0.2) is 4.79 Å². The second-order valence-electron chi connectivity index (χ2n) is 6.71. The van der Waals surface area contributed by atoms with Crippen molar-refractivity contribution in [2.75, 3.05) is 13.2 Å². The van der Waals surface area contributed by atoms with Crippen molar-refractivity contribution in [3.8, 4) is 0 Å². The maximum absolute atomic E-state index is 12.5. The fourth-order valence-electron chi connectivity index (χ4n) is 2.33. The molecule has 4 atom stereocenters. The van der Waals surface area contributed by atoms with Gasteiger partial charge in [-0.05, 0) is 39.2 Å². The van der Waals surface area contributed by atoms with E-state index >= 15 is 0 Å². The maximum Gasteiger partial charge on any atom is 0.326 e. The number of aliphatic hydroxyl groups is 1. The zero-order valence-electron chi connectivity index (χ0n) is 16.8. The summed E-state index contributed by atoms with van der Waals surface area (Å²) in [4.78, 5) is 58.4. The SMILES string of the molecule is CC(N)C(=O)NC(CCCCN)C(=O)NC(CO)C(=O)NC(CCC(=O)O)C(=O)O. The first-order chi connectivity index (χ1) is 14.0. The molecule has 0 aromatic rings. The Hall–Kier alpha value is -2.77. The van der Waals surface area contributed by atoms with Crippen LogP contribution in [0.5, 0.6) is 0 Å². The minimum absolute atomic E-state index is 0.206. The van der Waals surface area contributed by atoms with E-state index in [-0.39, 0.29) is 12.8 Å². The van der Waals surface area contributed by atoms with Gasteiger partial charge >= 0.3 is 11.9 Å². The van der Waals surface area contributed by atoms with Gasteiger partial charge in [0.1, 0.15) is 18.1 Å². The number of aliphatic hydroxyl groups excluding tert-OH is 1. The van der Waals surface area contributed by atoms with Crippen molar-refractivity contribution in [1.29, 1.82) is 0 Å². The number of nitrogens with two attached hydrogens (primary N) is 2. The maximum atomic E-state index is 12.5. The Morgan fingerprint density at radius 1 is 0.833 bits per heavy atom. The first-order valence-corrected chi connectivity index (χ1v) is 9.45. The van der Waals surface area contributed by atoms with Gasteiger partial charge in [-0.15, -0.1) is 0 Å². The van der Waals surface area contributed by atoms with E-state index in [1.165, 1.54) is 6.92 Å². The summed E-state index contributed by atoms with van der Waals surface area (Å²) in [6, 6.07) is -4.94. The van der Waals surface area contributed by atoms with Crippen molar-refractivity contribution in [3.63, 3.8) is 0 Å². The molecule has 13 heteroatoms. The molecule has 0 aromatic heterocycles. The quantitative estimate of drug-likeness (QED) is 0.121. The zero-order chi connectivity index (χ0) is 23.3. The molecule has 0 heterocycles. The zero-order valence-corrected chi connectivity index (χ0v) is 16.8. The number of rotatable bonds is 15. The minimum Gasteiger partial charge on any atom is -0.481 e. The number of amides is 3. The summed E-state index contributed by atoms with van der Waals surface area (Å²) >= 11 is 0. The summed E-state index contributed by atoms with van der Waals surface area (Å²) < 4.78 is 0. The van der Waals surface area contributed by atoms with Crippen molar-refractivity contribution >= 4 is 29.7 Å². The molecule has 3 amide bonds. The number of hydrogen-bond donors (Lipinski definition) is 8. The molecule has 0 aliphatic heterocycles. The van der Waals surface area contributed by atoms with Crippen molar-refractivity contribution in [2.45, 2.75) is 63.2 Å². The first kappa shape index (κ1) is 27.2. The van der Waals surface area contributed by atoms with Crippen molar-refractivity contribution in [2.24, 2.45) is 11.5 Å². The Morgan fingerprint density at radius 3 is 1.83 bits per heavy atom. The standard InChI is InChI=1S/C17H31N5O8/c1-9(19)14(26)20-10(4-2-3-7-18)15(27)22-12(8-23)16(28)21-11(17(29)30)5-6-13(24)25/h9-12,23H,2-8,18-19H2,1H3,(H,20,26)(H,21,28)(H,22,27)(H,24,25)(H,29,30). The van der Waals surface area contributed by atoms with Gasteiger partial charge in [0.2, 0.25) is 17.7 Å². The molecule has 0 fully saturated rings. The van der Waals surface area contributed by atoms with Gasteiger partial charge in [0.25, 0.3) is 0 Å². The predicted octanol–water partition coefficient (Wildman–Crippen LogP) is -3.14. The third kappa shape index (κ3) is 10.7. The van der Waals surface area contributed by atoms with Gasteiger partial charge in [-0.3, -0.25) is 19.2 Å². The summed E-state index contributed by atoms with van der Waals surface area (Å²) in [5.74, 6) is -5.08. The number of carboxylic acids is 2. The summed E-state index contributed by atoms with van der Waals surface area (Å²) in [5, 5.41) is 34.0. The molecule has 0 aromatic carbocycles. The molecule has 0 spiro atoms. The smallest absolute Gasteiger partial charge is 0.326 e. The van der Waals surface area contributed by atoms with Gasteiger partial charge in [0.05, 0.1) is 12.6 Å². The van der Waals surface area contributed by atoms with E-state index in [0.29, 0.717) is 19.4 Å². The van der Waals surface area contributed by atoms with Crippen LogP contribution < -0.4 is 27.4 Å². The molecular weight excluding hydrogens is 402 g/mol. The highest BCUT2D eigenvalue weighted by Crippen LogP contribution is 2.03. The van der Waals surface area contributed by atoms with Gasteiger partial charge in [0.15, 0.2) is 0 Å². The number of unbranched alkanes of at least 4 members (excludes halogenated alkanes) is 1. The number of carbonyl (C=O) groups is 5. The number of hydrogen-bond acceptors (Lipinski definition) is 8.